The molecule has 1 aromatic rings. The van der Waals surface area contributed by atoms with Crippen LogP contribution in [-0.2, 0) is 5.41 Å². The van der Waals surface area contributed by atoms with Crippen molar-refractivity contribution in [1.82, 2.24) is 5.32 Å². The summed E-state index contributed by atoms with van der Waals surface area (Å²) < 4.78 is 0. The number of hydrogen-bond acceptors (Lipinski definition) is 3. The van der Waals surface area contributed by atoms with Gasteiger partial charge in [-0.05, 0) is 48.3 Å². The van der Waals surface area contributed by atoms with Crippen LogP contribution in [0.15, 0.2) is 29.2 Å². The van der Waals surface area contributed by atoms with Crippen LogP contribution in [0.3, 0.4) is 0 Å². The second-order valence-electron chi connectivity index (χ2n) is 6.25. The minimum absolute atomic E-state index is 0.218. The molecule has 0 saturated heterocycles. The van der Waals surface area contributed by atoms with Crippen LogP contribution in [0.25, 0.3) is 0 Å². The molecule has 0 aliphatic carbocycles. The molecule has 0 bridgehead atoms. The van der Waals surface area contributed by atoms with Crippen LogP contribution in [0.4, 0.5) is 0 Å². The monoisotopic (exact) mass is 295 g/mol. The summed E-state index contributed by atoms with van der Waals surface area (Å²) in [5, 5.41) is 12.7. The summed E-state index contributed by atoms with van der Waals surface area (Å²) in [6.07, 6.45) is 2.11. The van der Waals surface area contributed by atoms with Crippen molar-refractivity contribution < 1.29 is 5.11 Å². The van der Waals surface area contributed by atoms with Gasteiger partial charge in [0.05, 0.1) is 6.61 Å². The summed E-state index contributed by atoms with van der Waals surface area (Å²) >= 11 is 1.87. The number of benzene rings is 1. The third kappa shape index (κ3) is 6.29. The Kier molecular flexibility index (Phi) is 7.63. The predicted octanol–water partition coefficient (Wildman–Crippen LogP) is 3.83. The highest BCUT2D eigenvalue weighted by Gasteiger charge is 2.13. The van der Waals surface area contributed by atoms with Gasteiger partial charge < -0.3 is 10.4 Å². The van der Waals surface area contributed by atoms with Crippen LogP contribution >= 0.6 is 11.8 Å². The predicted molar refractivity (Wildman–Crippen MR) is 89.7 cm³/mol. The molecule has 0 aliphatic rings. The Bertz CT molecular complexity index is 370. The molecule has 0 radical (unpaired) electrons. The summed E-state index contributed by atoms with van der Waals surface area (Å²) in [6.45, 7) is 10.1. The average Bonchev–Trinajstić information content (AvgIpc) is 2.42. The van der Waals surface area contributed by atoms with Crippen LogP contribution in [0, 0.1) is 0 Å². The zero-order valence-electron chi connectivity index (χ0n) is 13.3. The van der Waals surface area contributed by atoms with E-state index < -0.39 is 0 Å². The van der Waals surface area contributed by atoms with Gasteiger partial charge in [0.15, 0.2) is 0 Å². The number of thioether (sulfide) groups is 1. The van der Waals surface area contributed by atoms with Gasteiger partial charge in [0.2, 0.25) is 0 Å². The molecule has 0 amide bonds. The van der Waals surface area contributed by atoms with Crippen molar-refractivity contribution in [1.29, 1.82) is 0 Å². The van der Waals surface area contributed by atoms with Gasteiger partial charge in [0.25, 0.3) is 0 Å². The first-order valence-corrected chi connectivity index (χ1v) is 8.53. The number of rotatable bonds is 8. The van der Waals surface area contributed by atoms with Gasteiger partial charge in [-0.2, -0.15) is 0 Å². The SMILES string of the molecule is CCCNC(CO)CCSc1ccc(C(C)(C)C)cc1. The van der Waals surface area contributed by atoms with Crippen molar-refractivity contribution in [3.8, 4) is 0 Å². The molecule has 1 aromatic carbocycles. The van der Waals surface area contributed by atoms with E-state index in [1.54, 1.807) is 0 Å². The molecule has 0 fully saturated rings. The molecule has 0 spiro atoms. The molecule has 3 heteroatoms. The lowest BCUT2D eigenvalue weighted by Gasteiger charge is -2.19. The van der Waals surface area contributed by atoms with Crippen molar-refractivity contribution >= 4 is 11.8 Å². The summed E-state index contributed by atoms with van der Waals surface area (Å²) in [6, 6.07) is 9.09. The standard InChI is InChI=1S/C17H29NOS/c1-5-11-18-15(13-19)10-12-20-16-8-6-14(7-9-16)17(2,3)4/h6-9,15,18-19H,5,10-13H2,1-4H3. The first-order valence-electron chi connectivity index (χ1n) is 7.55. The smallest absolute Gasteiger partial charge is 0.0584 e. The van der Waals surface area contributed by atoms with E-state index in [0.717, 1.165) is 25.1 Å². The van der Waals surface area contributed by atoms with Gasteiger partial charge in [-0.15, -0.1) is 11.8 Å². The Morgan fingerprint density at radius 3 is 2.35 bits per heavy atom. The normalized spacial score (nSPS) is 13.4. The van der Waals surface area contributed by atoms with Crippen molar-refractivity contribution in [2.75, 3.05) is 18.9 Å². The Hall–Kier alpha value is -0.510. The van der Waals surface area contributed by atoms with Crippen molar-refractivity contribution in [3.05, 3.63) is 29.8 Å². The van der Waals surface area contributed by atoms with Crippen LogP contribution < -0.4 is 5.32 Å². The van der Waals surface area contributed by atoms with Crippen molar-refractivity contribution in [2.45, 2.75) is 56.9 Å². The van der Waals surface area contributed by atoms with Crippen LogP contribution in [-0.4, -0.2) is 30.1 Å². The molecule has 1 unspecified atom stereocenters. The highest BCUT2D eigenvalue weighted by atomic mass is 32.2. The fourth-order valence-corrected chi connectivity index (χ4v) is 2.94. The molecule has 0 aliphatic heterocycles. The summed E-state index contributed by atoms with van der Waals surface area (Å²) in [4.78, 5) is 1.31. The minimum atomic E-state index is 0.218. The van der Waals surface area contributed by atoms with Gasteiger partial charge >= 0.3 is 0 Å². The highest BCUT2D eigenvalue weighted by Crippen LogP contribution is 2.26. The maximum Gasteiger partial charge on any atom is 0.0584 e. The molecule has 0 heterocycles. The van der Waals surface area contributed by atoms with Gasteiger partial charge in [0, 0.05) is 10.9 Å². The van der Waals surface area contributed by atoms with E-state index >= 15 is 0 Å². The van der Waals surface area contributed by atoms with Crippen LogP contribution in [0.5, 0.6) is 0 Å². The van der Waals surface area contributed by atoms with E-state index in [4.69, 9.17) is 0 Å². The molecule has 114 valence electrons. The first kappa shape index (κ1) is 17.5. The largest absolute Gasteiger partial charge is 0.395 e. The minimum Gasteiger partial charge on any atom is -0.395 e. The Morgan fingerprint density at radius 1 is 1.20 bits per heavy atom. The Morgan fingerprint density at radius 2 is 1.85 bits per heavy atom. The lowest BCUT2D eigenvalue weighted by molar-refractivity contribution is 0.240. The van der Waals surface area contributed by atoms with Crippen molar-refractivity contribution in [2.24, 2.45) is 0 Å². The fourth-order valence-electron chi connectivity index (χ4n) is 1.98. The van der Waals surface area contributed by atoms with Gasteiger partial charge in [0.1, 0.15) is 0 Å². The lowest BCUT2D eigenvalue weighted by atomic mass is 9.87. The van der Waals surface area contributed by atoms with Crippen LogP contribution in [0.2, 0.25) is 0 Å². The average molecular weight is 295 g/mol. The third-order valence-corrected chi connectivity index (χ3v) is 4.40. The fraction of sp³-hybridized carbons (Fsp3) is 0.647. The number of nitrogens with one attached hydrogen (secondary N) is 1. The zero-order valence-corrected chi connectivity index (χ0v) is 14.1. The maximum atomic E-state index is 9.30. The van der Waals surface area contributed by atoms with Gasteiger partial charge in [-0.1, -0.05) is 39.8 Å². The number of hydrogen-bond donors (Lipinski definition) is 2. The van der Waals surface area contributed by atoms with E-state index in [0.29, 0.717) is 0 Å². The lowest BCUT2D eigenvalue weighted by Crippen LogP contribution is -2.33. The summed E-state index contributed by atoms with van der Waals surface area (Å²) in [5.41, 5.74) is 1.59. The third-order valence-electron chi connectivity index (χ3n) is 3.36. The first-order chi connectivity index (χ1) is 9.47. The molecule has 0 aromatic heterocycles. The van der Waals surface area contributed by atoms with Gasteiger partial charge in [-0.3, -0.25) is 0 Å². The Balaban J connectivity index is 2.38. The number of aliphatic hydroxyl groups is 1. The van der Waals surface area contributed by atoms with Crippen molar-refractivity contribution in [3.63, 3.8) is 0 Å². The van der Waals surface area contributed by atoms with E-state index in [2.05, 4.69) is 57.3 Å². The molecular weight excluding hydrogens is 266 g/mol. The van der Waals surface area contributed by atoms with Gasteiger partial charge in [-0.25, -0.2) is 0 Å². The van der Waals surface area contributed by atoms with E-state index in [9.17, 15) is 5.11 Å². The summed E-state index contributed by atoms with van der Waals surface area (Å²) in [5.74, 6) is 1.04. The van der Waals surface area contributed by atoms with Crippen LogP contribution in [0.1, 0.15) is 46.1 Å². The zero-order chi connectivity index (χ0) is 15.0. The highest BCUT2D eigenvalue weighted by molar-refractivity contribution is 7.99. The molecule has 20 heavy (non-hydrogen) atoms. The second-order valence-corrected chi connectivity index (χ2v) is 7.41. The quantitative estimate of drug-likeness (QED) is 0.715. The molecule has 2 N–H and O–H groups in total. The second kappa shape index (κ2) is 8.71. The van der Waals surface area contributed by atoms with E-state index in [-0.39, 0.29) is 18.1 Å². The maximum absolute atomic E-state index is 9.30. The molecule has 0 saturated carbocycles. The summed E-state index contributed by atoms with van der Waals surface area (Å²) in [7, 11) is 0. The molecule has 1 atom stereocenters. The topological polar surface area (TPSA) is 32.3 Å². The van der Waals surface area contributed by atoms with E-state index in [1.165, 1.54) is 10.5 Å². The molecule has 1 rings (SSSR count). The van der Waals surface area contributed by atoms with E-state index in [1.807, 2.05) is 11.8 Å². The Labute approximate surface area is 128 Å². The molecular formula is C17H29NOS. The number of aliphatic hydroxyl groups excluding tert-OH is 1. The molecule has 2 nitrogen and oxygen atoms in total.